The zero-order chi connectivity index (χ0) is 12.7. The van der Waals surface area contributed by atoms with Crippen molar-refractivity contribution in [3.05, 3.63) is 11.8 Å². The van der Waals surface area contributed by atoms with Crippen LogP contribution in [0.3, 0.4) is 0 Å². The Morgan fingerprint density at radius 1 is 1.07 bits per heavy atom. The van der Waals surface area contributed by atoms with Gasteiger partial charge >= 0.3 is 0 Å². The van der Waals surface area contributed by atoms with Crippen molar-refractivity contribution in [1.82, 2.24) is 0 Å². The second kappa shape index (κ2) is 19.1. The van der Waals surface area contributed by atoms with Gasteiger partial charge in [0, 0.05) is 11.9 Å². The predicted octanol–water partition coefficient (Wildman–Crippen LogP) is 5.47. The minimum atomic E-state index is 0.833. The Morgan fingerprint density at radius 3 is 1.47 bits per heavy atom. The number of aliphatic imine (C=N–C) groups is 1. The van der Waals surface area contributed by atoms with Gasteiger partial charge < -0.3 is 0 Å². The Kier molecular flexibility index (Phi) is 25.3. The minimum Gasteiger partial charge on any atom is -0.266 e. The minimum absolute atomic E-state index is 0.833. The number of rotatable bonds is 2. The highest BCUT2D eigenvalue weighted by Gasteiger charge is 1.80. The molecule has 0 rings (SSSR count). The first-order valence-corrected chi connectivity index (χ1v) is 6.13. The lowest BCUT2D eigenvalue weighted by molar-refractivity contribution is 0.737. The smallest absolute Gasteiger partial charge is 0.0354 e. The van der Waals surface area contributed by atoms with Gasteiger partial charge in [-0.25, -0.2) is 0 Å². The van der Waals surface area contributed by atoms with Gasteiger partial charge in [0.15, 0.2) is 0 Å². The van der Waals surface area contributed by atoms with E-state index in [1.807, 2.05) is 26.1 Å². The van der Waals surface area contributed by atoms with Crippen LogP contribution < -0.4 is 0 Å². The number of nitrogens with zero attached hydrogens (tertiary/aromatic N) is 1. The molecule has 0 aliphatic carbocycles. The van der Waals surface area contributed by atoms with Crippen molar-refractivity contribution in [2.24, 2.45) is 10.9 Å². The van der Waals surface area contributed by atoms with Crippen LogP contribution in [-0.2, 0) is 0 Å². The topological polar surface area (TPSA) is 12.4 Å². The molecule has 0 spiro atoms. The Morgan fingerprint density at radius 2 is 1.40 bits per heavy atom. The van der Waals surface area contributed by atoms with E-state index in [1.54, 1.807) is 0 Å². The molecule has 0 saturated carbocycles. The van der Waals surface area contributed by atoms with Gasteiger partial charge in [-0.3, -0.25) is 4.99 Å². The third kappa shape index (κ3) is 42.5. The zero-order valence-electron chi connectivity index (χ0n) is 12.1. The Bertz CT molecular complexity index is 138. The zero-order valence-corrected chi connectivity index (χ0v) is 12.1. The van der Waals surface area contributed by atoms with Crippen LogP contribution in [0.5, 0.6) is 0 Å². The highest BCUT2D eigenvalue weighted by Crippen LogP contribution is 1.99. The summed E-state index contributed by atoms with van der Waals surface area (Å²) in [6.45, 7) is 16.8. The first-order chi connectivity index (χ1) is 6.99. The van der Waals surface area contributed by atoms with Crippen molar-refractivity contribution in [3.8, 4) is 0 Å². The van der Waals surface area contributed by atoms with E-state index in [4.69, 9.17) is 0 Å². The van der Waals surface area contributed by atoms with Gasteiger partial charge in [0.1, 0.15) is 0 Å². The molecular formula is C14H31N. The average Bonchev–Trinajstić information content (AvgIpc) is 2.14. The molecule has 0 fully saturated rings. The van der Waals surface area contributed by atoms with Crippen LogP contribution in [0, 0.1) is 5.92 Å². The summed E-state index contributed by atoms with van der Waals surface area (Å²) >= 11 is 0. The monoisotopic (exact) mass is 213 g/mol. The normalized spacial score (nSPS) is 10.6. The van der Waals surface area contributed by atoms with Crippen LogP contribution in [0.15, 0.2) is 16.8 Å². The van der Waals surface area contributed by atoms with Crippen LogP contribution in [0.1, 0.15) is 68.2 Å². The van der Waals surface area contributed by atoms with Crippen molar-refractivity contribution >= 4 is 6.21 Å². The SMILES string of the molecule is CC(C)C.CC=N/C(=C\C)CC.CCC. The van der Waals surface area contributed by atoms with Gasteiger partial charge in [0.05, 0.1) is 0 Å². The third-order valence-corrected chi connectivity index (χ3v) is 0.990. The van der Waals surface area contributed by atoms with Gasteiger partial charge in [0.25, 0.3) is 0 Å². The highest BCUT2D eigenvalue weighted by atomic mass is 14.7. The molecule has 0 unspecified atom stereocenters. The molecular weight excluding hydrogens is 182 g/mol. The second-order valence-electron chi connectivity index (χ2n) is 3.96. The van der Waals surface area contributed by atoms with Crippen LogP contribution in [0.2, 0.25) is 0 Å². The van der Waals surface area contributed by atoms with E-state index in [0.717, 1.165) is 18.0 Å². The van der Waals surface area contributed by atoms with Gasteiger partial charge in [0.2, 0.25) is 0 Å². The summed E-state index contributed by atoms with van der Waals surface area (Å²) in [7, 11) is 0. The summed E-state index contributed by atoms with van der Waals surface area (Å²) in [6, 6.07) is 0. The van der Waals surface area contributed by atoms with Crippen molar-refractivity contribution in [1.29, 1.82) is 0 Å². The molecule has 0 aliphatic rings. The van der Waals surface area contributed by atoms with Gasteiger partial charge in [-0.15, -0.1) is 0 Å². The summed E-state index contributed by atoms with van der Waals surface area (Å²) in [6.07, 6.45) is 6.12. The van der Waals surface area contributed by atoms with E-state index in [1.165, 1.54) is 6.42 Å². The average molecular weight is 213 g/mol. The molecule has 1 nitrogen and oxygen atoms in total. The maximum Gasteiger partial charge on any atom is 0.0354 e. The lowest BCUT2D eigenvalue weighted by atomic mass is 10.3. The first-order valence-electron chi connectivity index (χ1n) is 6.13. The van der Waals surface area contributed by atoms with Crippen molar-refractivity contribution in [2.75, 3.05) is 0 Å². The fraction of sp³-hybridized carbons (Fsp3) is 0.786. The fourth-order valence-electron chi connectivity index (χ4n) is 0.536. The Labute approximate surface area is 97.7 Å². The van der Waals surface area contributed by atoms with Crippen molar-refractivity contribution in [2.45, 2.75) is 68.2 Å². The van der Waals surface area contributed by atoms with E-state index < -0.39 is 0 Å². The largest absolute Gasteiger partial charge is 0.266 e. The molecule has 0 amide bonds. The molecule has 0 aromatic heterocycles. The first kappa shape index (κ1) is 19.9. The van der Waals surface area contributed by atoms with Crippen LogP contribution in [0.25, 0.3) is 0 Å². The van der Waals surface area contributed by atoms with Crippen molar-refractivity contribution < 1.29 is 0 Å². The van der Waals surface area contributed by atoms with Gasteiger partial charge in [-0.1, -0.05) is 54.0 Å². The number of allylic oxidation sites excluding steroid dienone is 2. The molecule has 0 N–H and O–H groups in total. The molecule has 0 aromatic carbocycles. The molecule has 0 atom stereocenters. The lowest BCUT2D eigenvalue weighted by Crippen LogP contribution is -1.72. The fourth-order valence-corrected chi connectivity index (χ4v) is 0.536. The molecule has 15 heavy (non-hydrogen) atoms. The summed E-state index contributed by atoms with van der Waals surface area (Å²) in [5.74, 6) is 0.833. The third-order valence-electron chi connectivity index (χ3n) is 0.990. The van der Waals surface area contributed by atoms with Gasteiger partial charge in [-0.05, 0) is 26.2 Å². The van der Waals surface area contributed by atoms with E-state index in [2.05, 4.69) is 46.5 Å². The summed E-state index contributed by atoms with van der Waals surface area (Å²) in [4.78, 5) is 4.10. The molecule has 0 bridgehead atoms. The summed E-state index contributed by atoms with van der Waals surface area (Å²) < 4.78 is 0. The maximum absolute atomic E-state index is 4.10. The van der Waals surface area contributed by atoms with Crippen LogP contribution in [0.4, 0.5) is 0 Å². The number of hydrogen-bond donors (Lipinski definition) is 0. The standard InChI is InChI=1S/C7H13N.C4H10.C3H8/c1-4-7(5-2)8-6-3;1-4(2)3;1-3-2/h4,6H,5H2,1-3H3;4H,1-3H3;3H2,1-2H3/b7-4-,8-6?;;. The quantitative estimate of drug-likeness (QED) is 0.539. The molecule has 0 aromatic rings. The van der Waals surface area contributed by atoms with E-state index in [0.29, 0.717) is 0 Å². The van der Waals surface area contributed by atoms with Gasteiger partial charge in [-0.2, -0.15) is 0 Å². The predicted molar refractivity (Wildman–Crippen MR) is 74.7 cm³/mol. The molecule has 0 radical (unpaired) electrons. The van der Waals surface area contributed by atoms with Crippen molar-refractivity contribution in [3.63, 3.8) is 0 Å². The van der Waals surface area contributed by atoms with E-state index in [9.17, 15) is 0 Å². The summed E-state index contributed by atoms with van der Waals surface area (Å²) in [5.41, 5.74) is 1.16. The molecule has 0 saturated heterocycles. The highest BCUT2D eigenvalue weighted by molar-refractivity contribution is 5.55. The summed E-state index contributed by atoms with van der Waals surface area (Å²) in [5, 5.41) is 0. The molecule has 0 heterocycles. The Balaban J connectivity index is -0.000000173. The van der Waals surface area contributed by atoms with E-state index in [-0.39, 0.29) is 0 Å². The lowest BCUT2D eigenvalue weighted by Gasteiger charge is -1.89. The van der Waals surface area contributed by atoms with Crippen LogP contribution in [-0.4, -0.2) is 6.21 Å². The molecule has 0 aliphatic heterocycles. The molecule has 92 valence electrons. The maximum atomic E-state index is 4.10. The number of hydrogen-bond acceptors (Lipinski definition) is 1. The second-order valence-corrected chi connectivity index (χ2v) is 3.96. The molecule has 1 heteroatoms. The van der Waals surface area contributed by atoms with Crippen LogP contribution >= 0.6 is 0 Å². The Hall–Kier alpha value is -0.590. The van der Waals surface area contributed by atoms with E-state index >= 15 is 0 Å².